The fourth-order valence-corrected chi connectivity index (χ4v) is 1.84. The topological polar surface area (TPSA) is 76.7 Å². The molecule has 21 heavy (non-hydrogen) atoms. The smallest absolute Gasteiger partial charge is 0.177 e. The Balaban J connectivity index is 1.80. The summed E-state index contributed by atoms with van der Waals surface area (Å²) >= 11 is 0. The summed E-state index contributed by atoms with van der Waals surface area (Å²) in [5.74, 6) is 1.41. The third-order valence-electron chi connectivity index (χ3n) is 2.99. The number of rotatable bonds is 4. The van der Waals surface area contributed by atoms with Crippen molar-refractivity contribution in [2.75, 3.05) is 12.5 Å². The summed E-state index contributed by atoms with van der Waals surface area (Å²) in [6, 6.07) is 11.3. The van der Waals surface area contributed by atoms with E-state index in [1.54, 1.807) is 24.0 Å². The quantitative estimate of drug-likeness (QED) is 0.585. The first-order chi connectivity index (χ1) is 10.3. The van der Waals surface area contributed by atoms with E-state index in [0.29, 0.717) is 11.5 Å². The van der Waals surface area contributed by atoms with Crippen LogP contribution in [0.1, 0.15) is 12.5 Å². The molecular formula is C14H14N6O. The van der Waals surface area contributed by atoms with E-state index in [-0.39, 0.29) is 0 Å². The number of benzene rings is 1. The van der Waals surface area contributed by atoms with Crippen molar-refractivity contribution < 1.29 is 4.74 Å². The number of hydrogen-bond donors (Lipinski definition) is 1. The molecule has 0 spiro atoms. The standard InChI is InChI=1S/C14H14N6O/c1-10(11-4-3-5-12(8-11)21-2)16-17-13-6-7-14-18-15-9-20(14)19-13/h3-9H,1-2H3,(H,17,19)/b16-10+. The summed E-state index contributed by atoms with van der Waals surface area (Å²) in [6.45, 7) is 1.92. The van der Waals surface area contributed by atoms with E-state index in [1.807, 2.05) is 37.3 Å². The Morgan fingerprint density at radius 3 is 3.05 bits per heavy atom. The number of nitrogens with one attached hydrogen (secondary N) is 1. The van der Waals surface area contributed by atoms with Gasteiger partial charge in [0.2, 0.25) is 0 Å². The van der Waals surface area contributed by atoms with E-state index in [4.69, 9.17) is 4.74 Å². The lowest BCUT2D eigenvalue weighted by Gasteiger charge is -2.05. The van der Waals surface area contributed by atoms with Gasteiger partial charge in [-0.05, 0) is 31.2 Å². The van der Waals surface area contributed by atoms with Gasteiger partial charge < -0.3 is 4.74 Å². The van der Waals surface area contributed by atoms with E-state index >= 15 is 0 Å². The van der Waals surface area contributed by atoms with Crippen molar-refractivity contribution in [3.63, 3.8) is 0 Å². The Morgan fingerprint density at radius 2 is 2.19 bits per heavy atom. The highest BCUT2D eigenvalue weighted by molar-refractivity contribution is 5.99. The summed E-state index contributed by atoms with van der Waals surface area (Å²) in [6.07, 6.45) is 1.54. The molecule has 7 nitrogen and oxygen atoms in total. The molecule has 0 fully saturated rings. The predicted molar refractivity (Wildman–Crippen MR) is 79.6 cm³/mol. The summed E-state index contributed by atoms with van der Waals surface area (Å²) in [5, 5.41) is 16.3. The molecule has 1 N–H and O–H groups in total. The van der Waals surface area contributed by atoms with Gasteiger partial charge in [0.15, 0.2) is 11.5 Å². The predicted octanol–water partition coefficient (Wildman–Crippen LogP) is 1.97. The maximum absolute atomic E-state index is 5.20. The van der Waals surface area contributed by atoms with Crippen molar-refractivity contribution in [1.82, 2.24) is 19.8 Å². The molecule has 1 aromatic carbocycles. The Hall–Kier alpha value is -2.96. The van der Waals surface area contributed by atoms with Crippen LogP contribution < -0.4 is 10.2 Å². The molecule has 0 aliphatic heterocycles. The number of ether oxygens (including phenoxy) is 1. The highest BCUT2D eigenvalue weighted by Gasteiger charge is 2.01. The SMILES string of the molecule is COc1cccc(/C(C)=N/Nc2ccc3nncn3n2)c1. The molecule has 0 aliphatic carbocycles. The van der Waals surface area contributed by atoms with Crippen molar-refractivity contribution in [3.8, 4) is 5.75 Å². The van der Waals surface area contributed by atoms with Crippen LogP contribution >= 0.6 is 0 Å². The van der Waals surface area contributed by atoms with Crippen LogP contribution in [0.3, 0.4) is 0 Å². The third-order valence-corrected chi connectivity index (χ3v) is 2.99. The maximum atomic E-state index is 5.20. The second-order valence-electron chi connectivity index (χ2n) is 4.39. The molecule has 3 rings (SSSR count). The Morgan fingerprint density at radius 1 is 1.29 bits per heavy atom. The van der Waals surface area contributed by atoms with E-state index < -0.39 is 0 Å². The van der Waals surface area contributed by atoms with E-state index in [0.717, 1.165) is 17.0 Å². The minimum absolute atomic E-state index is 0.615. The van der Waals surface area contributed by atoms with Gasteiger partial charge in [0.25, 0.3) is 0 Å². The number of hydrogen-bond acceptors (Lipinski definition) is 6. The molecule has 0 aliphatic rings. The number of hydrazone groups is 1. The van der Waals surface area contributed by atoms with Gasteiger partial charge in [0.05, 0.1) is 12.8 Å². The summed E-state index contributed by atoms with van der Waals surface area (Å²) in [4.78, 5) is 0. The molecule has 0 atom stereocenters. The monoisotopic (exact) mass is 282 g/mol. The molecule has 106 valence electrons. The first-order valence-electron chi connectivity index (χ1n) is 6.38. The van der Waals surface area contributed by atoms with E-state index in [2.05, 4.69) is 25.8 Å². The first kappa shape index (κ1) is 13.0. The van der Waals surface area contributed by atoms with Crippen molar-refractivity contribution in [2.24, 2.45) is 5.10 Å². The molecule has 0 saturated carbocycles. The van der Waals surface area contributed by atoms with Crippen LogP contribution in [0.25, 0.3) is 5.65 Å². The van der Waals surface area contributed by atoms with Crippen molar-refractivity contribution in [1.29, 1.82) is 0 Å². The van der Waals surface area contributed by atoms with Crippen LogP contribution in [0.4, 0.5) is 5.82 Å². The molecule has 7 heteroatoms. The zero-order valence-electron chi connectivity index (χ0n) is 11.7. The van der Waals surface area contributed by atoms with Gasteiger partial charge in [0, 0.05) is 5.56 Å². The van der Waals surface area contributed by atoms with Gasteiger partial charge in [-0.25, -0.2) is 0 Å². The number of nitrogens with zero attached hydrogens (tertiary/aromatic N) is 5. The fraction of sp³-hybridized carbons (Fsp3) is 0.143. The van der Waals surface area contributed by atoms with Gasteiger partial charge in [-0.15, -0.1) is 15.3 Å². The number of methoxy groups -OCH3 is 1. The summed E-state index contributed by atoms with van der Waals surface area (Å²) < 4.78 is 6.78. The number of anilines is 1. The van der Waals surface area contributed by atoms with Crippen LogP contribution in [-0.2, 0) is 0 Å². The van der Waals surface area contributed by atoms with Crippen LogP contribution in [0.15, 0.2) is 47.8 Å². The third kappa shape index (κ3) is 2.81. The van der Waals surface area contributed by atoms with Gasteiger partial charge in [-0.1, -0.05) is 12.1 Å². The zero-order chi connectivity index (χ0) is 14.7. The molecule has 0 amide bonds. The zero-order valence-corrected chi connectivity index (χ0v) is 11.7. The van der Waals surface area contributed by atoms with Crippen molar-refractivity contribution in [3.05, 3.63) is 48.3 Å². The molecule has 2 aromatic heterocycles. The van der Waals surface area contributed by atoms with Gasteiger partial charge >= 0.3 is 0 Å². The minimum Gasteiger partial charge on any atom is -0.497 e. The van der Waals surface area contributed by atoms with Gasteiger partial charge in [-0.3, -0.25) is 5.43 Å². The highest BCUT2D eigenvalue weighted by atomic mass is 16.5. The average molecular weight is 282 g/mol. The second kappa shape index (κ2) is 5.58. The van der Waals surface area contributed by atoms with Crippen LogP contribution in [0.5, 0.6) is 5.75 Å². The van der Waals surface area contributed by atoms with Crippen molar-refractivity contribution >= 4 is 17.2 Å². The highest BCUT2D eigenvalue weighted by Crippen LogP contribution is 2.13. The largest absolute Gasteiger partial charge is 0.497 e. The first-order valence-corrected chi connectivity index (χ1v) is 6.38. The Kier molecular flexibility index (Phi) is 3.46. The molecule has 0 saturated heterocycles. The average Bonchev–Trinajstić information content (AvgIpc) is 3.00. The van der Waals surface area contributed by atoms with Crippen LogP contribution in [0, 0.1) is 0 Å². The lowest BCUT2D eigenvalue weighted by molar-refractivity contribution is 0.414. The normalized spacial score (nSPS) is 11.6. The van der Waals surface area contributed by atoms with Crippen LogP contribution in [-0.4, -0.2) is 32.6 Å². The molecule has 3 aromatic rings. The fourth-order valence-electron chi connectivity index (χ4n) is 1.84. The lowest BCUT2D eigenvalue weighted by Crippen LogP contribution is -2.02. The molecule has 0 unspecified atom stereocenters. The molecular weight excluding hydrogens is 268 g/mol. The Bertz CT molecular complexity index is 795. The molecule has 2 heterocycles. The summed E-state index contributed by atoms with van der Waals surface area (Å²) in [5.41, 5.74) is 5.42. The van der Waals surface area contributed by atoms with Gasteiger partial charge in [0.1, 0.15) is 12.1 Å². The Labute approximate surface area is 121 Å². The molecule has 0 bridgehead atoms. The van der Waals surface area contributed by atoms with Crippen molar-refractivity contribution in [2.45, 2.75) is 6.92 Å². The van der Waals surface area contributed by atoms with E-state index in [9.17, 15) is 0 Å². The van der Waals surface area contributed by atoms with E-state index in [1.165, 1.54) is 0 Å². The lowest BCUT2D eigenvalue weighted by atomic mass is 10.1. The second-order valence-corrected chi connectivity index (χ2v) is 4.39. The van der Waals surface area contributed by atoms with Gasteiger partial charge in [-0.2, -0.15) is 9.62 Å². The minimum atomic E-state index is 0.615. The summed E-state index contributed by atoms with van der Waals surface area (Å²) in [7, 11) is 1.64. The molecule has 0 radical (unpaired) electrons. The number of fused-ring (bicyclic) bond motifs is 1. The maximum Gasteiger partial charge on any atom is 0.177 e. The van der Waals surface area contributed by atoms with Crippen LogP contribution in [0.2, 0.25) is 0 Å². The number of aromatic nitrogens is 4.